The van der Waals surface area contributed by atoms with E-state index in [0.717, 1.165) is 34.1 Å². The lowest BCUT2D eigenvalue weighted by molar-refractivity contribution is 0.381. The summed E-state index contributed by atoms with van der Waals surface area (Å²) >= 11 is 0. The van der Waals surface area contributed by atoms with E-state index in [4.69, 9.17) is 29.0 Å². The fourth-order valence-corrected chi connectivity index (χ4v) is 2.51. The molecule has 9 heteroatoms. The topological polar surface area (TPSA) is 151 Å². The summed E-state index contributed by atoms with van der Waals surface area (Å²) in [4.78, 5) is 0. The van der Waals surface area contributed by atoms with Crippen LogP contribution in [0.4, 0.5) is 34.1 Å². The van der Waals surface area contributed by atoms with Gasteiger partial charge in [0.15, 0.2) is 0 Å². The van der Waals surface area contributed by atoms with Crippen molar-refractivity contribution in [3.8, 4) is 0 Å². The van der Waals surface area contributed by atoms with Crippen LogP contribution in [0.5, 0.6) is 0 Å². The molecular weight excluding hydrogens is 440 g/mol. The van der Waals surface area contributed by atoms with Gasteiger partial charge < -0.3 is 22.1 Å². The fraction of sp³-hybridized carbons (Fsp3) is 0. The van der Waals surface area contributed by atoms with E-state index in [1.165, 1.54) is 0 Å². The number of benzene rings is 4. The molecule has 0 saturated heterocycles. The summed E-state index contributed by atoms with van der Waals surface area (Å²) in [6, 6.07) is 35.4. The average molecular weight is 467 g/mol. The minimum absolute atomic E-state index is 0.781. The Morgan fingerprint density at radius 2 is 0.727 bits per heavy atom. The van der Waals surface area contributed by atoms with Crippen LogP contribution in [0.15, 0.2) is 109 Å². The van der Waals surface area contributed by atoms with Crippen molar-refractivity contribution < 1.29 is 17.5 Å². The van der Waals surface area contributed by atoms with Crippen LogP contribution in [0, 0.1) is 0 Å². The molecule has 0 amide bonds. The highest BCUT2D eigenvalue weighted by atomic mass is 32.3. The monoisotopic (exact) mass is 466 g/mol. The summed E-state index contributed by atoms with van der Waals surface area (Å²) < 4.78 is 31.6. The Morgan fingerprint density at radius 3 is 1.00 bits per heavy atom. The average Bonchev–Trinajstić information content (AvgIpc) is 2.78. The first kappa shape index (κ1) is 25.2. The molecule has 0 fully saturated rings. The van der Waals surface area contributed by atoms with Gasteiger partial charge in [-0.1, -0.05) is 36.4 Å². The second-order valence-electron chi connectivity index (χ2n) is 6.67. The number of para-hydroxylation sites is 2. The summed E-state index contributed by atoms with van der Waals surface area (Å²) in [5.41, 5.74) is 17.0. The van der Waals surface area contributed by atoms with Crippen LogP contribution >= 0.6 is 0 Å². The summed E-state index contributed by atoms with van der Waals surface area (Å²) in [7, 11) is -4.67. The number of rotatable bonds is 4. The molecule has 172 valence electrons. The molecule has 0 heterocycles. The first-order valence-corrected chi connectivity index (χ1v) is 11.1. The van der Waals surface area contributed by atoms with E-state index < -0.39 is 10.4 Å². The van der Waals surface area contributed by atoms with Gasteiger partial charge in [-0.15, -0.1) is 0 Å². The fourth-order valence-electron chi connectivity index (χ4n) is 2.51. The lowest BCUT2D eigenvalue weighted by Gasteiger charge is -2.05. The predicted octanol–water partition coefficient (Wildman–Crippen LogP) is 5.37. The number of hydrogen-bond acceptors (Lipinski definition) is 6. The van der Waals surface area contributed by atoms with Gasteiger partial charge in [-0.25, -0.2) is 0 Å². The van der Waals surface area contributed by atoms with Crippen molar-refractivity contribution in [3.05, 3.63) is 109 Å². The van der Waals surface area contributed by atoms with Crippen LogP contribution in [0.1, 0.15) is 0 Å². The number of nitrogens with two attached hydrogens (primary N) is 2. The van der Waals surface area contributed by atoms with Crippen molar-refractivity contribution in [1.82, 2.24) is 0 Å². The molecule has 4 aromatic rings. The van der Waals surface area contributed by atoms with E-state index in [-0.39, 0.29) is 0 Å². The number of hydrogen-bond donors (Lipinski definition) is 6. The summed E-state index contributed by atoms with van der Waals surface area (Å²) in [6.45, 7) is 0. The van der Waals surface area contributed by atoms with Gasteiger partial charge in [-0.2, -0.15) is 8.42 Å². The predicted molar refractivity (Wildman–Crippen MR) is 135 cm³/mol. The molecule has 8 N–H and O–H groups in total. The van der Waals surface area contributed by atoms with Crippen molar-refractivity contribution in [1.29, 1.82) is 0 Å². The maximum absolute atomic E-state index is 8.74. The number of nitrogens with one attached hydrogen (secondary N) is 2. The molecule has 0 aliphatic heterocycles. The van der Waals surface area contributed by atoms with Crippen LogP contribution in [-0.4, -0.2) is 17.5 Å². The lowest BCUT2D eigenvalue weighted by atomic mass is 10.2. The molecule has 0 aromatic heterocycles. The van der Waals surface area contributed by atoms with E-state index in [1.54, 1.807) is 0 Å². The maximum atomic E-state index is 8.74. The molecule has 4 aromatic carbocycles. The quantitative estimate of drug-likeness (QED) is 0.173. The number of nitrogen functional groups attached to an aromatic ring is 2. The summed E-state index contributed by atoms with van der Waals surface area (Å²) in [6.07, 6.45) is 0. The SMILES string of the molecule is Nc1ccc(Nc2ccccc2)cc1.Nc1ccc(Nc2ccccc2)cc1.O=S(=O)(O)O. The first-order valence-electron chi connectivity index (χ1n) is 9.74. The van der Waals surface area contributed by atoms with Gasteiger partial charge in [-0.05, 0) is 72.8 Å². The van der Waals surface area contributed by atoms with Gasteiger partial charge in [0.05, 0.1) is 0 Å². The summed E-state index contributed by atoms with van der Waals surface area (Å²) in [5, 5.41) is 6.55. The highest BCUT2D eigenvalue weighted by Crippen LogP contribution is 2.17. The second kappa shape index (κ2) is 12.7. The van der Waals surface area contributed by atoms with Gasteiger partial charge in [0.2, 0.25) is 0 Å². The van der Waals surface area contributed by atoms with Crippen molar-refractivity contribution >= 4 is 44.5 Å². The Kier molecular flexibility index (Phi) is 9.72. The van der Waals surface area contributed by atoms with Gasteiger partial charge in [0.1, 0.15) is 0 Å². The van der Waals surface area contributed by atoms with Gasteiger partial charge in [-0.3, -0.25) is 9.11 Å². The zero-order chi connectivity index (χ0) is 24.1. The Hall–Kier alpha value is -4.05. The molecule has 0 atom stereocenters. The Morgan fingerprint density at radius 1 is 0.485 bits per heavy atom. The normalized spacial score (nSPS) is 10.0. The van der Waals surface area contributed by atoms with Gasteiger partial charge in [0, 0.05) is 34.1 Å². The van der Waals surface area contributed by atoms with Crippen molar-refractivity contribution in [2.45, 2.75) is 0 Å². The van der Waals surface area contributed by atoms with E-state index in [9.17, 15) is 0 Å². The van der Waals surface area contributed by atoms with E-state index >= 15 is 0 Å². The smallest absolute Gasteiger partial charge is 0.394 e. The summed E-state index contributed by atoms with van der Waals surface area (Å²) in [5.74, 6) is 0. The Balaban J connectivity index is 0.000000195. The lowest BCUT2D eigenvalue weighted by Crippen LogP contribution is -1.90. The third-order valence-electron chi connectivity index (χ3n) is 3.95. The van der Waals surface area contributed by atoms with Crippen LogP contribution in [0.25, 0.3) is 0 Å². The van der Waals surface area contributed by atoms with Crippen molar-refractivity contribution in [2.24, 2.45) is 0 Å². The van der Waals surface area contributed by atoms with Crippen molar-refractivity contribution in [3.63, 3.8) is 0 Å². The van der Waals surface area contributed by atoms with Crippen LogP contribution in [0.2, 0.25) is 0 Å². The second-order valence-corrected chi connectivity index (χ2v) is 7.57. The molecular formula is C24H26N4O4S. The minimum Gasteiger partial charge on any atom is -0.399 e. The molecule has 0 bridgehead atoms. The van der Waals surface area contributed by atoms with E-state index in [1.807, 2.05) is 109 Å². The molecule has 0 radical (unpaired) electrons. The molecule has 0 aliphatic carbocycles. The third-order valence-corrected chi connectivity index (χ3v) is 3.95. The van der Waals surface area contributed by atoms with E-state index in [0.29, 0.717) is 0 Å². The van der Waals surface area contributed by atoms with Gasteiger partial charge >= 0.3 is 10.4 Å². The molecule has 0 saturated carbocycles. The van der Waals surface area contributed by atoms with Crippen LogP contribution < -0.4 is 22.1 Å². The molecule has 4 rings (SSSR count). The third kappa shape index (κ3) is 11.8. The molecule has 8 nitrogen and oxygen atoms in total. The number of anilines is 6. The highest BCUT2D eigenvalue weighted by molar-refractivity contribution is 7.79. The molecule has 0 aliphatic rings. The first-order chi connectivity index (χ1) is 15.7. The maximum Gasteiger partial charge on any atom is 0.394 e. The minimum atomic E-state index is -4.67. The standard InChI is InChI=1S/2C12H12N2.H2O4S/c2*13-10-6-8-12(9-7-10)14-11-4-2-1-3-5-11;1-5(2,3)4/h2*1-9,14H,13H2;(H2,1,2,3,4). The largest absolute Gasteiger partial charge is 0.399 e. The van der Waals surface area contributed by atoms with Crippen LogP contribution in [0.3, 0.4) is 0 Å². The Labute approximate surface area is 193 Å². The van der Waals surface area contributed by atoms with Crippen molar-refractivity contribution in [2.75, 3.05) is 22.1 Å². The zero-order valence-electron chi connectivity index (χ0n) is 17.7. The van der Waals surface area contributed by atoms with Crippen LogP contribution in [-0.2, 0) is 10.4 Å². The highest BCUT2D eigenvalue weighted by Gasteiger charge is 1.93. The van der Waals surface area contributed by atoms with E-state index in [2.05, 4.69) is 10.6 Å². The van der Waals surface area contributed by atoms with Gasteiger partial charge in [0.25, 0.3) is 0 Å². The zero-order valence-corrected chi connectivity index (χ0v) is 18.5. The Bertz CT molecular complexity index is 1100. The molecule has 33 heavy (non-hydrogen) atoms. The molecule has 0 unspecified atom stereocenters. The molecule has 0 spiro atoms.